The number of rotatable bonds is 6. The molecule has 5 rings (SSSR count). The number of nitrogens with one attached hydrogen (secondary N) is 1. The summed E-state index contributed by atoms with van der Waals surface area (Å²) in [6, 6.07) is 19.2. The summed E-state index contributed by atoms with van der Waals surface area (Å²) in [5.41, 5.74) is 4.55. The van der Waals surface area contributed by atoms with Gasteiger partial charge in [0.1, 0.15) is 5.60 Å². The molecule has 0 aliphatic carbocycles. The van der Waals surface area contributed by atoms with E-state index in [1.807, 2.05) is 33.2 Å². The number of carbonyl (C=O) groups excluding carboxylic acids is 1. The van der Waals surface area contributed by atoms with Crippen LogP contribution in [0.5, 0.6) is 0 Å². The second kappa shape index (κ2) is 11.2. The molecule has 1 fully saturated rings. The quantitative estimate of drug-likeness (QED) is 0.314. The van der Waals surface area contributed by atoms with Gasteiger partial charge in [-0.05, 0) is 58.2 Å². The van der Waals surface area contributed by atoms with E-state index in [1.54, 1.807) is 4.90 Å². The summed E-state index contributed by atoms with van der Waals surface area (Å²) in [4.78, 5) is 31.2. The number of piperazine rings is 1. The number of benzene rings is 2. The normalized spacial score (nSPS) is 16.0. The molecule has 1 unspecified atom stereocenters. The van der Waals surface area contributed by atoms with Crippen LogP contribution in [-0.2, 0) is 11.3 Å². The summed E-state index contributed by atoms with van der Waals surface area (Å²) in [5, 5.41) is 3.52. The zero-order valence-electron chi connectivity index (χ0n) is 24.3. The Morgan fingerprint density at radius 1 is 1.02 bits per heavy atom. The first-order valence-corrected chi connectivity index (χ1v) is 14.0. The third kappa shape index (κ3) is 6.03. The molecule has 2 aromatic carbocycles. The molecule has 0 bridgehead atoms. The molecule has 0 radical (unpaired) electrons. The Morgan fingerprint density at radius 2 is 1.73 bits per heavy atom. The zero-order chi connectivity index (χ0) is 28.4. The Labute approximate surface area is 236 Å². The number of nitrogens with zero attached hydrogens (tertiary/aromatic N) is 6. The van der Waals surface area contributed by atoms with E-state index in [9.17, 15) is 4.79 Å². The molecule has 1 N–H and O–H groups in total. The second-order valence-electron chi connectivity index (χ2n) is 11.7. The lowest BCUT2D eigenvalue weighted by molar-refractivity contribution is 0.0218. The molecule has 1 aliphatic heterocycles. The molecular formula is C31H39N7O2. The average Bonchev–Trinajstić information content (AvgIpc) is 3.36. The van der Waals surface area contributed by atoms with Crippen molar-refractivity contribution in [3.63, 3.8) is 0 Å². The Bertz CT molecular complexity index is 1460. The molecule has 1 saturated heterocycles. The number of imidazole rings is 1. The Balaban J connectivity index is 1.37. The van der Waals surface area contributed by atoms with Gasteiger partial charge >= 0.3 is 6.09 Å². The lowest BCUT2D eigenvalue weighted by Gasteiger charge is -2.40. The van der Waals surface area contributed by atoms with Crippen molar-refractivity contribution in [1.29, 1.82) is 0 Å². The van der Waals surface area contributed by atoms with Gasteiger partial charge in [-0.2, -0.15) is 9.97 Å². The van der Waals surface area contributed by atoms with E-state index in [-0.39, 0.29) is 18.2 Å². The molecule has 1 amide bonds. The van der Waals surface area contributed by atoms with E-state index in [2.05, 4.69) is 89.1 Å². The lowest BCUT2D eigenvalue weighted by atomic mass is 10.0. The molecule has 3 heterocycles. The van der Waals surface area contributed by atoms with Crippen LogP contribution in [0, 0.1) is 0 Å². The van der Waals surface area contributed by atoms with Crippen molar-refractivity contribution < 1.29 is 9.53 Å². The molecule has 0 spiro atoms. The number of amides is 1. The summed E-state index contributed by atoms with van der Waals surface area (Å²) >= 11 is 0. The van der Waals surface area contributed by atoms with Crippen LogP contribution in [0.1, 0.15) is 53.1 Å². The fraction of sp³-hybridized carbons (Fsp3) is 0.419. The average molecular weight is 542 g/mol. The van der Waals surface area contributed by atoms with Crippen LogP contribution in [0.2, 0.25) is 0 Å². The Kier molecular flexibility index (Phi) is 7.65. The molecule has 9 nitrogen and oxygen atoms in total. The maximum Gasteiger partial charge on any atom is 0.410 e. The molecule has 9 heteroatoms. The number of ether oxygens (including phenoxy) is 1. The van der Waals surface area contributed by atoms with Crippen LogP contribution in [0.4, 0.5) is 16.6 Å². The molecule has 0 saturated carbocycles. The minimum absolute atomic E-state index is 0.0209. The Morgan fingerprint density at radius 3 is 2.38 bits per heavy atom. The van der Waals surface area contributed by atoms with E-state index >= 15 is 0 Å². The van der Waals surface area contributed by atoms with Gasteiger partial charge in [0.2, 0.25) is 5.95 Å². The summed E-state index contributed by atoms with van der Waals surface area (Å²) in [7, 11) is 0. The van der Waals surface area contributed by atoms with Crippen molar-refractivity contribution in [2.75, 3.05) is 29.9 Å². The molecular weight excluding hydrogens is 502 g/mol. The summed E-state index contributed by atoms with van der Waals surface area (Å²) < 4.78 is 7.67. The van der Waals surface area contributed by atoms with Gasteiger partial charge in [-0.25, -0.2) is 9.78 Å². The zero-order valence-corrected chi connectivity index (χ0v) is 24.3. The number of fused-ring (bicyclic) bond motifs is 1. The fourth-order valence-electron chi connectivity index (χ4n) is 4.91. The van der Waals surface area contributed by atoms with Crippen LogP contribution in [0.15, 0.2) is 60.9 Å². The van der Waals surface area contributed by atoms with Gasteiger partial charge in [0.15, 0.2) is 17.0 Å². The Hall–Kier alpha value is -4.14. The van der Waals surface area contributed by atoms with Gasteiger partial charge in [-0.3, -0.25) is 0 Å². The first-order valence-electron chi connectivity index (χ1n) is 14.0. The molecule has 1 aliphatic rings. The molecule has 210 valence electrons. The van der Waals surface area contributed by atoms with Gasteiger partial charge in [-0.15, -0.1) is 0 Å². The predicted octanol–water partition coefficient (Wildman–Crippen LogP) is 6.13. The molecule has 1 atom stereocenters. The SMILES string of the molecule is CC1CN(C(=O)OC(C)(C)C)CCN1c1nc(NCc2ccc(-c3ccccc3)cc2)c2ncn(C(C)C)c2n1. The number of hydrogen-bond acceptors (Lipinski definition) is 7. The highest BCUT2D eigenvalue weighted by atomic mass is 16.6. The molecule has 4 aromatic rings. The van der Waals surface area contributed by atoms with Crippen molar-refractivity contribution in [3.8, 4) is 11.1 Å². The molecule has 2 aromatic heterocycles. The highest BCUT2D eigenvalue weighted by molar-refractivity contribution is 5.84. The largest absolute Gasteiger partial charge is 0.444 e. The van der Waals surface area contributed by atoms with Crippen molar-refractivity contribution in [3.05, 3.63) is 66.5 Å². The third-order valence-corrected chi connectivity index (χ3v) is 7.02. The minimum atomic E-state index is -0.525. The van der Waals surface area contributed by atoms with Crippen LogP contribution >= 0.6 is 0 Å². The summed E-state index contributed by atoms with van der Waals surface area (Å²) in [5.74, 6) is 1.33. The topological polar surface area (TPSA) is 88.4 Å². The van der Waals surface area contributed by atoms with Crippen LogP contribution < -0.4 is 10.2 Å². The number of hydrogen-bond donors (Lipinski definition) is 1. The predicted molar refractivity (Wildman–Crippen MR) is 160 cm³/mol. The van der Waals surface area contributed by atoms with Gasteiger partial charge in [-0.1, -0.05) is 54.6 Å². The minimum Gasteiger partial charge on any atom is -0.444 e. The van der Waals surface area contributed by atoms with Crippen molar-refractivity contribution >= 4 is 29.0 Å². The number of aromatic nitrogens is 4. The summed E-state index contributed by atoms with van der Waals surface area (Å²) in [6.45, 7) is 14.3. The lowest BCUT2D eigenvalue weighted by Crippen LogP contribution is -2.55. The van der Waals surface area contributed by atoms with E-state index in [0.717, 1.165) is 16.7 Å². The van der Waals surface area contributed by atoms with Crippen LogP contribution in [0.3, 0.4) is 0 Å². The monoisotopic (exact) mass is 541 g/mol. The van der Waals surface area contributed by atoms with Gasteiger partial charge in [0, 0.05) is 38.3 Å². The maximum atomic E-state index is 12.7. The highest BCUT2D eigenvalue weighted by Gasteiger charge is 2.32. The number of carbonyl (C=O) groups is 1. The van der Waals surface area contributed by atoms with E-state index in [4.69, 9.17) is 14.7 Å². The van der Waals surface area contributed by atoms with Crippen molar-refractivity contribution in [2.24, 2.45) is 0 Å². The number of anilines is 2. The van der Waals surface area contributed by atoms with E-state index < -0.39 is 5.60 Å². The standard InChI is InChI=1S/C31H39N7O2/c1-21(2)38-20-33-26-27(32-18-23-12-14-25(15-13-23)24-10-8-7-9-11-24)34-29(35-28(26)38)37-17-16-36(19-22(37)3)30(39)40-31(4,5)6/h7-15,20-22H,16-19H2,1-6H3,(H,32,34,35). The summed E-state index contributed by atoms with van der Waals surface area (Å²) in [6.07, 6.45) is 1.55. The van der Waals surface area contributed by atoms with Crippen molar-refractivity contribution in [1.82, 2.24) is 24.4 Å². The first-order chi connectivity index (χ1) is 19.1. The smallest absolute Gasteiger partial charge is 0.410 e. The first kappa shape index (κ1) is 27.4. The van der Waals surface area contributed by atoms with Gasteiger partial charge in [0.25, 0.3) is 0 Å². The van der Waals surface area contributed by atoms with E-state index in [0.29, 0.717) is 37.9 Å². The van der Waals surface area contributed by atoms with Crippen LogP contribution in [0.25, 0.3) is 22.3 Å². The van der Waals surface area contributed by atoms with Crippen molar-refractivity contribution in [2.45, 2.75) is 65.8 Å². The molecule has 40 heavy (non-hydrogen) atoms. The van der Waals surface area contributed by atoms with Crippen LogP contribution in [-0.4, -0.2) is 61.8 Å². The second-order valence-corrected chi connectivity index (χ2v) is 11.7. The van der Waals surface area contributed by atoms with Gasteiger partial charge < -0.3 is 24.4 Å². The maximum absolute atomic E-state index is 12.7. The fourth-order valence-corrected chi connectivity index (χ4v) is 4.91. The van der Waals surface area contributed by atoms with E-state index in [1.165, 1.54) is 11.1 Å². The van der Waals surface area contributed by atoms with Gasteiger partial charge in [0.05, 0.1) is 6.33 Å². The highest BCUT2D eigenvalue weighted by Crippen LogP contribution is 2.28. The third-order valence-electron chi connectivity index (χ3n) is 7.02.